The number of hydrogen-bond acceptors (Lipinski definition) is 6. The molecule has 0 aliphatic carbocycles. The lowest BCUT2D eigenvalue weighted by Gasteiger charge is -2.33. The highest BCUT2D eigenvalue weighted by Gasteiger charge is 2.33. The third kappa shape index (κ3) is 8.17. The predicted molar refractivity (Wildman–Crippen MR) is 165 cm³/mol. The van der Waals surface area contributed by atoms with E-state index in [1.807, 2.05) is 27.7 Å². The zero-order valence-corrected chi connectivity index (χ0v) is 26.5. The molecule has 0 spiro atoms. The maximum absolute atomic E-state index is 14.1. The number of amides is 2. The summed E-state index contributed by atoms with van der Waals surface area (Å²) in [6, 6.07) is 17.0. The molecular formula is C31H38ClN3O6S. The minimum Gasteiger partial charge on any atom is -0.497 e. The van der Waals surface area contributed by atoms with Crippen molar-refractivity contribution in [2.75, 3.05) is 25.1 Å². The van der Waals surface area contributed by atoms with Gasteiger partial charge in [0.05, 0.1) is 29.8 Å². The summed E-state index contributed by atoms with van der Waals surface area (Å²) in [6.07, 6.45) is 0. The lowest BCUT2D eigenvalue weighted by molar-refractivity contribution is -0.140. The molecule has 9 nitrogen and oxygen atoms in total. The van der Waals surface area contributed by atoms with Gasteiger partial charge >= 0.3 is 0 Å². The van der Waals surface area contributed by atoms with E-state index < -0.39 is 34.1 Å². The number of benzene rings is 3. The zero-order valence-electron chi connectivity index (χ0n) is 25.0. The first kappa shape index (κ1) is 32.8. The van der Waals surface area contributed by atoms with E-state index in [0.29, 0.717) is 17.1 Å². The molecule has 2 amide bonds. The maximum atomic E-state index is 14.1. The third-order valence-corrected chi connectivity index (χ3v) is 8.55. The van der Waals surface area contributed by atoms with Crippen LogP contribution in [0.15, 0.2) is 71.6 Å². The summed E-state index contributed by atoms with van der Waals surface area (Å²) in [5.74, 6) is -0.0223. The van der Waals surface area contributed by atoms with E-state index in [1.165, 1.54) is 49.5 Å². The average molecular weight is 616 g/mol. The van der Waals surface area contributed by atoms with Gasteiger partial charge in [0.1, 0.15) is 24.1 Å². The van der Waals surface area contributed by atoms with Crippen LogP contribution in [-0.4, -0.2) is 57.5 Å². The number of hydrogen-bond donors (Lipinski definition) is 1. The van der Waals surface area contributed by atoms with E-state index in [-0.39, 0.29) is 28.1 Å². The van der Waals surface area contributed by atoms with Crippen molar-refractivity contribution in [3.63, 3.8) is 0 Å². The SMILES string of the molecule is COc1cccc(CN(C(=O)CN(c2ccc(OC)c(Cl)c2)S(=O)(=O)c2ccc(C)cc2)[C@@H](C)C(=O)NC(C)(C)C)c1. The van der Waals surface area contributed by atoms with E-state index in [9.17, 15) is 18.0 Å². The van der Waals surface area contributed by atoms with E-state index in [0.717, 1.165) is 9.87 Å². The van der Waals surface area contributed by atoms with Crippen LogP contribution in [-0.2, 0) is 26.2 Å². The Balaban J connectivity index is 2.08. The van der Waals surface area contributed by atoms with Gasteiger partial charge in [-0.25, -0.2) is 8.42 Å². The number of methoxy groups -OCH3 is 2. The van der Waals surface area contributed by atoms with Crippen molar-refractivity contribution in [2.24, 2.45) is 0 Å². The highest BCUT2D eigenvalue weighted by molar-refractivity contribution is 7.92. The molecule has 1 atom stereocenters. The molecule has 0 aliphatic rings. The van der Waals surface area contributed by atoms with Crippen LogP contribution in [0.3, 0.4) is 0 Å². The Labute approximate surface area is 253 Å². The molecule has 3 aromatic rings. The lowest BCUT2D eigenvalue weighted by atomic mass is 10.1. The molecule has 3 rings (SSSR count). The standard InChI is InChI=1S/C31H38ClN3O6S/c1-21-11-14-26(15-12-21)42(38,39)35(24-13-16-28(41-7)27(32)18-24)20-29(36)34(22(2)30(37)33-31(3,4)5)19-23-9-8-10-25(17-23)40-6/h8-18,22H,19-20H2,1-7H3,(H,33,37)/t22-/m0/s1. The van der Waals surface area contributed by atoms with Crippen molar-refractivity contribution < 1.29 is 27.5 Å². The second kappa shape index (κ2) is 13.5. The van der Waals surface area contributed by atoms with Crippen molar-refractivity contribution in [1.29, 1.82) is 0 Å². The van der Waals surface area contributed by atoms with Gasteiger partial charge < -0.3 is 19.7 Å². The molecule has 0 aromatic heterocycles. The number of carbonyl (C=O) groups is 2. The number of aryl methyl sites for hydroxylation is 1. The molecule has 226 valence electrons. The van der Waals surface area contributed by atoms with Crippen molar-refractivity contribution in [2.45, 2.75) is 57.6 Å². The quantitative estimate of drug-likeness (QED) is 0.318. The smallest absolute Gasteiger partial charge is 0.264 e. The molecule has 0 saturated heterocycles. The summed E-state index contributed by atoms with van der Waals surface area (Å²) < 4.78 is 39.5. The van der Waals surface area contributed by atoms with E-state index in [4.69, 9.17) is 21.1 Å². The summed E-state index contributed by atoms with van der Waals surface area (Å²) in [5, 5.41) is 3.09. The first-order valence-electron chi connectivity index (χ1n) is 13.3. The molecule has 0 radical (unpaired) electrons. The number of nitrogens with one attached hydrogen (secondary N) is 1. The van der Waals surface area contributed by atoms with E-state index in [1.54, 1.807) is 43.3 Å². The highest BCUT2D eigenvalue weighted by atomic mass is 35.5. The Morgan fingerprint density at radius 3 is 2.21 bits per heavy atom. The second-order valence-corrected chi connectivity index (χ2v) is 13.2. The van der Waals surface area contributed by atoms with Crippen LogP contribution in [0.1, 0.15) is 38.8 Å². The summed E-state index contributed by atoms with van der Waals surface area (Å²) in [6.45, 7) is 8.44. The second-order valence-electron chi connectivity index (χ2n) is 10.9. The number of carbonyl (C=O) groups excluding carboxylic acids is 2. The molecule has 0 fully saturated rings. The van der Waals surface area contributed by atoms with Gasteiger partial charge in [0.15, 0.2) is 0 Å². The summed E-state index contributed by atoms with van der Waals surface area (Å²) in [5.41, 5.74) is 1.21. The number of halogens is 1. The highest BCUT2D eigenvalue weighted by Crippen LogP contribution is 2.32. The molecule has 0 heterocycles. The zero-order chi connectivity index (χ0) is 31.2. The largest absolute Gasteiger partial charge is 0.497 e. The molecule has 0 bridgehead atoms. The minimum atomic E-state index is -4.23. The number of rotatable bonds is 11. The van der Waals surface area contributed by atoms with Gasteiger partial charge in [0.2, 0.25) is 11.8 Å². The summed E-state index contributed by atoms with van der Waals surface area (Å²) in [7, 11) is -1.24. The van der Waals surface area contributed by atoms with Gasteiger partial charge in [-0.2, -0.15) is 0 Å². The van der Waals surface area contributed by atoms with Gasteiger partial charge in [0, 0.05) is 12.1 Å². The molecule has 42 heavy (non-hydrogen) atoms. The Bertz CT molecular complexity index is 1520. The predicted octanol–water partition coefficient (Wildman–Crippen LogP) is 5.19. The molecule has 11 heteroatoms. The summed E-state index contributed by atoms with van der Waals surface area (Å²) in [4.78, 5) is 28.7. The number of nitrogens with zero attached hydrogens (tertiary/aromatic N) is 2. The van der Waals surface area contributed by atoms with Crippen molar-refractivity contribution in [3.8, 4) is 11.5 Å². The van der Waals surface area contributed by atoms with E-state index in [2.05, 4.69) is 5.32 Å². The average Bonchev–Trinajstić information content (AvgIpc) is 2.93. The lowest BCUT2D eigenvalue weighted by Crippen LogP contribution is -2.54. The fourth-order valence-corrected chi connectivity index (χ4v) is 5.86. The molecule has 0 aliphatic heterocycles. The van der Waals surface area contributed by atoms with Gasteiger partial charge in [-0.05, 0) is 82.6 Å². The number of ether oxygens (including phenoxy) is 2. The fourth-order valence-electron chi connectivity index (χ4n) is 4.20. The number of sulfonamides is 1. The number of anilines is 1. The third-order valence-electron chi connectivity index (χ3n) is 6.46. The van der Waals surface area contributed by atoms with Gasteiger partial charge in [0.25, 0.3) is 10.0 Å². The van der Waals surface area contributed by atoms with Crippen LogP contribution in [0.5, 0.6) is 11.5 Å². The molecule has 1 N–H and O–H groups in total. The topological polar surface area (TPSA) is 105 Å². The van der Waals surface area contributed by atoms with Crippen LogP contribution >= 0.6 is 11.6 Å². The summed E-state index contributed by atoms with van der Waals surface area (Å²) >= 11 is 6.37. The van der Waals surface area contributed by atoms with Gasteiger partial charge in [-0.1, -0.05) is 41.4 Å². The van der Waals surface area contributed by atoms with Crippen LogP contribution in [0.25, 0.3) is 0 Å². The first-order chi connectivity index (χ1) is 19.7. The molecule has 3 aromatic carbocycles. The van der Waals surface area contributed by atoms with Gasteiger partial charge in [-0.15, -0.1) is 0 Å². The van der Waals surface area contributed by atoms with Crippen molar-refractivity contribution in [3.05, 3.63) is 82.9 Å². The Morgan fingerprint density at radius 1 is 0.976 bits per heavy atom. The van der Waals surface area contributed by atoms with Crippen molar-refractivity contribution >= 4 is 39.1 Å². The maximum Gasteiger partial charge on any atom is 0.264 e. The van der Waals surface area contributed by atoms with Crippen LogP contribution in [0.2, 0.25) is 5.02 Å². The van der Waals surface area contributed by atoms with Gasteiger partial charge in [-0.3, -0.25) is 13.9 Å². The molecular weight excluding hydrogens is 578 g/mol. The van der Waals surface area contributed by atoms with Crippen LogP contribution in [0, 0.1) is 6.92 Å². The minimum absolute atomic E-state index is 0.00529. The fraction of sp³-hybridized carbons (Fsp3) is 0.355. The Hall–Kier alpha value is -3.76. The monoisotopic (exact) mass is 615 g/mol. The van der Waals surface area contributed by atoms with E-state index >= 15 is 0 Å². The van der Waals surface area contributed by atoms with Crippen molar-refractivity contribution in [1.82, 2.24) is 10.2 Å². The Morgan fingerprint density at radius 2 is 1.64 bits per heavy atom. The Kier molecular flexibility index (Phi) is 10.5. The first-order valence-corrected chi connectivity index (χ1v) is 15.2. The van der Waals surface area contributed by atoms with Crippen LogP contribution in [0.4, 0.5) is 5.69 Å². The molecule has 0 saturated carbocycles. The molecule has 0 unspecified atom stereocenters. The normalized spacial score (nSPS) is 12.3. The van der Waals surface area contributed by atoms with Crippen LogP contribution < -0.4 is 19.1 Å².